The maximum absolute atomic E-state index is 9.24. The van der Waals surface area contributed by atoms with Crippen LogP contribution in [0.25, 0.3) is 10.9 Å². The highest BCUT2D eigenvalue weighted by atomic mass is 16.3. The molecule has 2 aromatic rings. The number of aromatic hydroxyl groups is 1. The molecule has 2 rings (SSSR count). The third-order valence-corrected chi connectivity index (χ3v) is 1.44. The number of fused-ring (bicyclic) bond motifs is 1. The molecule has 4 nitrogen and oxygen atoms in total. The van der Waals surface area contributed by atoms with E-state index in [-0.39, 0.29) is 5.75 Å². The first-order chi connectivity index (χ1) is 5.38. The Bertz CT molecular complexity index is 383. The molecule has 1 heterocycles. The molecule has 0 spiro atoms. The van der Waals surface area contributed by atoms with Crippen LogP contribution in [0.2, 0.25) is 0 Å². The van der Waals surface area contributed by atoms with E-state index >= 15 is 0 Å². The first-order valence-electron chi connectivity index (χ1n) is 3.14. The number of rotatable bonds is 0. The Hall–Kier alpha value is -1.71. The van der Waals surface area contributed by atoms with Crippen molar-refractivity contribution in [2.45, 2.75) is 0 Å². The molecule has 1 aromatic carbocycles. The summed E-state index contributed by atoms with van der Waals surface area (Å²) in [5, 5.41) is 20.7. The molecule has 0 fully saturated rings. The van der Waals surface area contributed by atoms with Gasteiger partial charge in [-0.15, -0.1) is 10.2 Å². The van der Waals surface area contributed by atoms with E-state index in [1.54, 1.807) is 18.3 Å². The molecule has 0 unspecified atom stereocenters. The Morgan fingerprint density at radius 1 is 1.27 bits per heavy atom. The fraction of sp³-hybridized carbons (Fsp3) is 0. The number of phenolic OH excluding ortho intramolecular Hbond substituents is 1. The van der Waals surface area contributed by atoms with Gasteiger partial charge in [-0.1, -0.05) is 12.1 Å². The number of nitrogens with zero attached hydrogens (tertiary/aromatic N) is 3. The molecule has 0 bridgehead atoms. The van der Waals surface area contributed by atoms with E-state index in [0.29, 0.717) is 5.52 Å². The third-order valence-electron chi connectivity index (χ3n) is 1.44. The summed E-state index contributed by atoms with van der Waals surface area (Å²) in [6, 6.07) is 5.12. The normalized spacial score (nSPS) is 10.2. The van der Waals surface area contributed by atoms with Gasteiger partial charge < -0.3 is 5.11 Å². The van der Waals surface area contributed by atoms with E-state index in [0.717, 1.165) is 5.39 Å². The molecule has 54 valence electrons. The van der Waals surface area contributed by atoms with Crippen molar-refractivity contribution in [3.63, 3.8) is 0 Å². The number of benzene rings is 1. The predicted octanol–water partition coefficient (Wildman–Crippen LogP) is 0.730. The number of aromatic nitrogens is 3. The lowest BCUT2D eigenvalue weighted by atomic mass is 10.2. The molecule has 0 atom stereocenters. The highest BCUT2D eigenvalue weighted by Crippen LogP contribution is 2.19. The topological polar surface area (TPSA) is 58.9 Å². The molecule has 0 amide bonds. The molecule has 4 heteroatoms. The standard InChI is InChI=1S/C7H5N3O/c11-6-3-1-2-5-4-8-10-9-7(5)6/h1-4,11H. The van der Waals surface area contributed by atoms with Gasteiger partial charge in [-0.05, 0) is 11.3 Å². The first kappa shape index (κ1) is 6.03. The van der Waals surface area contributed by atoms with E-state index in [2.05, 4.69) is 15.4 Å². The molecule has 0 saturated carbocycles. The van der Waals surface area contributed by atoms with Crippen LogP contribution in [0, 0.1) is 0 Å². The van der Waals surface area contributed by atoms with Crippen LogP contribution < -0.4 is 0 Å². The van der Waals surface area contributed by atoms with Crippen LogP contribution in [-0.4, -0.2) is 20.5 Å². The van der Waals surface area contributed by atoms with Gasteiger partial charge in [0.05, 0.1) is 6.20 Å². The zero-order valence-corrected chi connectivity index (χ0v) is 5.60. The third kappa shape index (κ3) is 0.881. The lowest BCUT2D eigenvalue weighted by molar-refractivity contribution is 0.479. The highest BCUT2D eigenvalue weighted by molar-refractivity contribution is 5.82. The Kier molecular flexibility index (Phi) is 1.18. The van der Waals surface area contributed by atoms with Crippen molar-refractivity contribution >= 4 is 10.9 Å². The van der Waals surface area contributed by atoms with Gasteiger partial charge in [-0.2, -0.15) is 0 Å². The largest absolute Gasteiger partial charge is 0.506 e. The predicted molar refractivity (Wildman–Crippen MR) is 39.0 cm³/mol. The van der Waals surface area contributed by atoms with Crippen molar-refractivity contribution < 1.29 is 5.11 Å². The Morgan fingerprint density at radius 3 is 3.00 bits per heavy atom. The quantitative estimate of drug-likeness (QED) is 0.596. The fourth-order valence-electron chi connectivity index (χ4n) is 0.920. The Balaban J connectivity index is 2.91. The van der Waals surface area contributed by atoms with Crippen LogP contribution in [-0.2, 0) is 0 Å². The summed E-state index contributed by atoms with van der Waals surface area (Å²) in [4.78, 5) is 0. The average molecular weight is 147 g/mol. The minimum Gasteiger partial charge on any atom is -0.506 e. The van der Waals surface area contributed by atoms with Crippen LogP contribution in [0.1, 0.15) is 0 Å². The van der Waals surface area contributed by atoms with Crippen LogP contribution in [0.15, 0.2) is 24.4 Å². The highest BCUT2D eigenvalue weighted by Gasteiger charge is 1.98. The monoisotopic (exact) mass is 147 g/mol. The van der Waals surface area contributed by atoms with Crippen LogP contribution in [0.4, 0.5) is 0 Å². The second-order valence-electron chi connectivity index (χ2n) is 2.15. The zero-order valence-electron chi connectivity index (χ0n) is 5.60. The summed E-state index contributed by atoms with van der Waals surface area (Å²) in [5.74, 6) is 0.136. The summed E-state index contributed by atoms with van der Waals surface area (Å²) in [6.07, 6.45) is 1.56. The van der Waals surface area contributed by atoms with Gasteiger partial charge in [-0.3, -0.25) is 0 Å². The van der Waals surface area contributed by atoms with Gasteiger partial charge in [-0.25, -0.2) is 0 Å². The van der Waals surface area contributed by atoms with Crippen molar-refractivity contribution in [1.29, 1.82) is 0 Å². The summed E-state index contributed by atoms with van der Waals surface area (Å²) < 4.78 is 0. The van der Waals surface area contributed by atoms with Crippen molar-refractivity contribution in [3.05, 3.63) is 24.4 Å². The van der Waals surface area contributed by atoms with Crippen LogP contribution in [0.3, 0.4) is 0 Å². The molecule has 0 saturated heterocycles. The summed E-state index contributed by atoms with van der Waals surface area (Å²) in [5.41, 5.74) is 0.488. The molecule has 1 aromatic heterocycles. The molecule has 1 N–H and O–H groups in total. The lowest BCUT2D eigenvalue weighted by Crippen LogP contribution is -1.86. The van der Waals surface area contributed by atoms with Crippen molar-refractivity contribution in [2.24, 2.45) is 0 Å². The number of phenols is 1. The minimum atomic E-state index is 0.136. The molecule has 0 aliphatic carbocycles. The number of hydrogen-bond acceptors (Lipinski definition) is 4. The van der Waals surface area contributed by atoms with Crippen LogP contribution >= 0.6 is 0 Å². The van der Waals surface area contributed by atoms with Gasteiger partial charge >= 0.3 is 0 Å². The van der Waals surface area contributed by atoms with Gasteiger partial charge in [0.2, 0.25) is 0 Å². The Labute approximate surface area is 62.5 Å². The van der Waals surface area contributed by atoms with E-state index < -0.39 is 0 Å². The van der Waals surface area contributed by atoms with Crippen molar-refractivity contribution in [1.82, 2.24) is 15.4 Å². The molecule has 0 aliphatic heterocycles. The SMILES string of the molecule is Oc1cccc2cnnnc12. The zero-order chi connectivity index (χ0) is 7.68. The second-order valence-corrected chi connectivity index (χ2v) is 2.15. The first-order valence-corrected chi connectivity index (χ1v) is 3.14. The fourth-order valence-corrected chi connectivity index (χ4v) is 0.920. The van der Waals surface area contributed by atoms with Crippen molar-refractivity contribution in [2.75, 3.05) is 0 Å². The van der Waals surface area contributed by atoms with Crippen LogP contribution in [0.5, 0.6) is 5.75 Å². The van der Waals surface area contributed by atoms with E-state index in [1.165, 1.54) is 0 Å². The maximum Gasteiger partial charge on any atom is 0.143 e. The van der Waals surface area contributed by atoms with E-state index in [9.17, 15) is 5.11 Å². The second kappa shape index (κ2) is 2.16. The van der Waals surface area contributed by atoms with E-state index in [4.69, 9.17) is 0 Å². The molecule has 0 radical (unpaired) electrons. The molecule has 11 heavy (non-hydrogen) atoms. The smallest absolute Gasteiger partial charge is 0.143 e. The van der Waals surface area contributed by atoms with Gasteiger partial charge in [0.1, 0.15) is 11.3 Å². The van der Waals surface area contributed by atoms with Crippen molar-refractivity contribution in [3.8, 4) is 5.75 Å². The summed E-state index contributed by atoms with van der Waals surface area (Å²) >= 11 is 0. The molecular weight excluding hydrogens is 142 g/mol. The van der Waals surface area contributed by atoms with Gasteiger partial charge in [0.25, 0.3) is 0 Å². The summed E-state index contributed by atoms with van der Waals surface area (Å²) in [7, 11) is 0. The maximum atomic E-state index is 9.24. The Morgan fingerprint density at radius 2 is 2.18 bits per heavy atom. The average Bonchev–Trinajstić information content (AvgIpc) is 2.06. The minimum absolute atomic E-state index is 0.136. The van der Waals surface area contributed by atoms with E-state index in [1.807, 2.05) is 6.07 Å². The summed E-state index contributed by atoms with van der Waals surface area (Å²) in [6.45, 7) is 0. The van der Waals surface area contributed by atoms with Gasteiger partial charge in [0.15, 0.2) is 0 Å². The van der Waals surface area contributed by atoms with Gasteiger partial charge in [0, 0.05) is 5.39 Å². The molecular formula is C7H5N3O. The lowest BCUT2D eigenvalue weighted by Gasteiger charge is -1.94. The number of hydrogen-bond donors (Lipinski definition) is 1. The molecule has 0 aliphatic rings.